The normalized spacial score (nSPS) is 19.2. The Kier molecular flexibility index (Phi) is 6.02. The van der Waals surface area contributed by atoms with E-state index >= 15 is 0 Å². The molecular formula is C16H23NO4. The van der Waals surface area contributed by atoms with Crippen molar-refractivity contribution in [3.8, 4) is 5.75 Å². The molecule has 0 aliphatic carbocycles. The number of carbonyl (C=O) groups excluding carboxylic acids is 1. The molecule has 5 heteroatoms. The smallest absolute Gasteiger partial charge is 0.308 e. The first kappa shape index (κ1) is 15.8. The number of ether oxygens (including phenoxy) is 3. The summed E-state index contributed by atoms with van der Waals surface area (Å²) in [6, 6.07) is 8.14. The van der Waals surface area contributed by atoms with Gasteiger partial charge in [-0.05, 0) is 24.6 Å². The Bertz CT molecular complexity index is 446. The van der Waals surface area contributed by atoms with Crippen LogP contribution in [-0.2, 0) is 20.8 Å². The van der Waals surface area contributed by atoms with E-state index in [4.69, 9.17) is 14.2 Å². The lowest BCUT2D eigenvalue weighted by Crippen LogP contribution is -2.42. The van der Waals surface area contributed by atoms with Crippen LogP contribution < -0.4 is 4.74 Å². The maximum Gasteiger partial charge on any atom is 0.308 e. The highest BCUT2D eigenvalue weighted by molar-refractivity contribution is 5.69. The van der Waals surface area contributed by atoms with Crippen molar-refractivity contribution >= 4 is 5.97 Å². The van der Waals surface area contributed by atoms with Gasteiger partial charge < -0.3 is 14.2 Å². The second kappa shape index (κ2) is 8.00. The molecule has 1 saturated heterocycles. The fraction of sp³-hybridized carbons (Fsp3) is 0.562. The van der Waals surface area contributed by atoms with E-state index in [9.17, 15) is 4.79 Å². The van der Waals surface area contributed by atoms with Gasteiger partial charge in [-0.3, -0.25) is 9.69 Å². The van der Waals surface area contributed by atoms with Gasteiger partial charge in [-0.1, -0.05) is 12.1 Å². The molecule has 0 N–H and O–H groups in total. The van der Waals surface area contributed by atoms with Gasteiger partial charge in [0.15, 0.2) is 0 Å². The number of nitrogens with zero attached hydrogens (tertiary/aromatic N) is 1. The largest absolute Gasteiger partial charge is 0.494 e. The molecule has 1 unspecified atom stereocenters. The predicted molar refractivity (Wildman–Crippen MR) is 79.3 cm³/mol. The number of methoxy groups -OCH3 is 1. The summed E-state index contributed by atoms with van der Waals surface area (Å²) < 4.78 is 15.7. The second-order valence-electron chi connectivity index (χ2n) is 5.09. The third kappa shape index (κ3) is 5.02. The van der Waals surface area contributed by atoms with E-state index in [0.29, 0.717) is 19.6 Å². The van der Waals surface area contributed by atoms with Gasteiger partial charge in [-0.2, -0.15) is 0 Å². The van der Waals surface area contributed by atoms with Crippen molar-refractivity contribution in [3.05, 3.63) is 29.8 Å². The number of morpholine rings is 1. The highest BCUT2D eigenvalue weighted by atomic mass is 16.5. The average Bonchev–Trinajstić information content (AvgIpc) is 2.50. The minimum Gasteiger partial charge on any atom is -0.494 e. The molecule has 1 aliphatic heterocycles. The lowest BCUT2D eigenvalue weighted by atomic mass is 10.1. The second-order valence-corrected chi connectivity index (χ2v) is 5.09. The van der Waals surface area contributed by atoms with Crippen molar-refractivity contribution in [2.24, 2.45) is 0 Å². The van der Waals surface area contributed by atoms with Crippen molar-refractivity contribution in [1.29, 1.82) is 0 Å². The number of hydrogen-bond donors (Lipinski definition) is 0. The molecule has 1 aromatic carbocycles. The molecule has 5 nitrogen and oxygen atoms in total. The van der Waals surface area contributed by atoms with Gasteiger partial charge in [0.2, 0.25) is 0 Å². The average molecular weight is 293 g/mol. The predicted octanol–water partition coefficient (Wildman–Crippen LogP) is 1.85. The van der Waals surface area contributed by atoms with E-state index in [0.717, 1.165) is 25.4 Å². The Hall–Kier alpha value is -1.59. The summed E-state index contributed by atoms with van der Waals surface area (Å²) in [5.74, 6) is 0.676. The van der Waals surface area contributed by atoms with Crippen LogP contribution in [0.5, 0.6) is 5.75 Å². The van der Waals surface area contributed by atoms with Crippen LogP contribution in [0.25, 0.3) is 0 Å². The quantitative estimate of drug-likeness (QED) is 0.749. The van der Waals surface area contributed by atoms with Gasteiger partial charge in [0.1, 0.15) is 5.75 Å². The Morgan fingerprint density at radius 1 is 1.38 bits per heavy atom. The first-order valence-corrected chi connectivity index (χ1v) is 7.33. The zero-order valence-electron chi connectivity index (χ0n) is 12.7. The first-order valence-electron chi connectivity index (χ1n) is 7.33. The van der Waals surface area contributed by atoms with Crippen molar-refractivity contribution in [2.75, 3.05) is 33.4 Å². The van der Waals surface area contributed by atoms with Crippen molar-refractivity contribution in [3.63, 3.8) is 0 Å². The standard InChI is InChI=1S/C16H23NO4/c1-3-20-14-6-4-13(5-7-14)11-17-8-9-21-15(12-17)10-16(18)19-2/h4-7,15H,3,8-12H2,1-2H3. The minimum absolute atomic E-state index is 0.0751. The molecule has 1 heterocycles. The highest BCUT2D eigenvalue weighted by Crippen LogP contribution is 2.16. The molecule has 1 fully saturated rings. The number of carbonyl (C=O) groups is 1. The Morgan fingerprint density at radius 2 is 2.14 bits per heavy atom. The fourth-order valence-corrected chi connectivity index (χ4v) is 2.43. The van der Waals surface area contributed by atoms with Crippen LogP contribution in [-0.4, -0.2) is 50.4 Å². The fourth-order valence-electron chi connectivity index (χ4n) is 2.43. The third-order valence-corrected chi connectivity index (χ3v) is 3.49. The molecule has 2 rings (SSSR count). The Morgan fingerprint density at radius 3 is 2.81 bits per heavy atom. The molecule has 1 atom stereocenters. The minimum atomic E-state index is -0.220. The van der Waals surface area contributed by atoms with Crippen LogP contribution in [0.4, 0.5) is 0 Å². The van der Waals surface area contributed by atoms with Gasteiger partial charge in [0.05, 0.1) is 32.8 Å². The summed E-state index contributed by atoms with van der Waals surface area (Å²) in [7, 11) is 1.41. The summed E-state index contributed by atoms with van der Waals surface area (Å²) in [5, 5.41) is 0. The van der Waals surface area contributed by atoms with Crippen LogP contribution in [0.1, 0.15) is 18.9 Å². The van der Waals surface area contributed by atoms with Gasteiger partial charge >= 0.3 is 5.97 Å². The van der Waals surface area contributed by atoms with E-state index in [1.54, 1.807) is 0 Å². The number of hydrogen-bond acceptors (Lipinski definition) is 5. The molecule has 0 amide bonds. The molecule has 1 aliphatic rings. The van der Waals surface area contributed by atoms with E-state index in [1.165, 1.54) is 12.7 Å². The van der Waals surface area contributed by atoms with Crippen LogP contribution in [0.3, 0.4) is 0 Å². The van der Waals surface area contributed by atoms with Crippen LogP contribution in [0.15, 0.2) is 24.3 Å². The van der Waals surface area contributed by atoms with Crippen molar-refractivity contribution in [2.45, 2.75) is 26.0 Å². The number of esters is 1. The lowest BCUT2D eigenvalue weighted by Gasteiger charge is -2.32. The van der Waals surface area contributed by atoms with Crippen LogP contribution >= 0.6 is 0 Å². The van der Waals surface area contributed by atoms with E-state index in [1.807, 2.05) is 19.1 Å². The SMILES string of the molecule is CCOc1ccc(CN2CCOC(CC(=O)OC)C2)cc1. The maximum absolute atomic E-state index is 11.3. The molecule has 1 aromatic rings. The number of benzene rings is 1. The summed E-state index contributed by atoms with van der Waals surface area (Å²) in [6.07, 6.45) is 0.241. The molecule has 21 heavy (non-hydrogen) atoms. The monoisotopic (exact) mass is 293 g/mol. The van der Waals surface area contributed by atoms with Gasteiger partial charge in [-0.15, -0.1) is 0 Å². The maximum atomic E-state index is 11.3. The third-order valence-electron chi connectivity index (χ3n) is 3.49. The van der Waals surface area contributed by atoms with Gasteiger partial charge in [0.25, 0.3) is 0 Å². The van der Waals surface area contributed by atoms with E-state index < -0.39 is 0 Å². The summed E-state index contributed by atoms with van der Waals surface area (Å²) in [5.41, 5.74) is 1.23. The van der Waals surface area contributed by atoms with Gasteiger partial charge in [-0.25, -0.2) is 0 Å². The molecule has 0 radical (unpaired) electrons. The molecule has 116 valence electrons. The molecule has 0 saturated carbocycles. The Balaban J connectivity index is 1.85. The van der Waals surface area contributed by atoms with E-state index in [2.05, 4.69) is 17.0 Å². The molecule has 0 spiro atoms. The molecule has 0 bridgehead atoms. The van der Waals surface area contributed by atoms with Crippen molar-refractivity contribution < 1.29 is 19.0 Å². The summed E-state index contributed by atoms with van der Waals surface area (Å²) in [6.45, 7) is 5.79. The number of rotatable bonds is 6. The van der Waals surface area contributed by atoms with Crippen LogP contribution in [0.2, 0.25) is 0 Å². The zero-order valence-corrected chi connectivity index (χ0v) is 12.7. The topological polar surface area (TPSA) is 48.0 Å². The lowest BCUT2D eigenvalue weighted by molar-refractivity contribution is -0.145. The van der Waals surface area contributed by atoms with Crippen molar-refractivity contribution in [1.82, 2.24) is 4.90 Å². The van der Waals surface area contributed by atoms with Crippen LogP contribution in [0, 0.1) is 0 Å². The van der Waals surface area contributed by atoms with Gasteiger partial charge in [0, 0.05) is 19.6 Å². The summed E-state index contributed by atoms with van der Waals surface area (Å²) in [4.78, 5) is 13.6. The van der Waals surface area contributed by atoms with E-state index in [-0.39, 0.29) is 12.1 Å². The highest BCUT2D eigenvalue weighted by Gasteiger charge is 2.23. The molecule has 0 aromatic heterocycles. The summed E-state index contributed by atoms with van der Waals surface area (Å²) >= 11 is 0. The molecular weight excluding hydrogens is 270 g/mol. The zero-order chi connectivity index (χ0) is 15.1. The Labute approximate surface area is 125 Å². The first-order chi connectivity index (χ1) is 10.2.